The Bertz CT molecular complexity index is 541. The predicted molar refractivity (Wildman–Crippen MR) is 84.9 cm³/mol. The minimum atomic E-state index is -2.90. The molecular weight excluding hydrogens is 272 g/mol. The summed E-state index contributed by atoms with van der Waals surface area (Å²) in [6.07, 6.45) is 1.28. The van der Waals surface area contributed by atoms with Crippen molar-refractivity contribution in [3.8, 4) is 0 Å². The molecule has 1 rings (SSSR count). The number of aryl methyl sites for hydroxylation is 2. The van der Waals surface area contributed by atoms with Crippen LogP contribution in [0.2, 0.25) is 0 Å². The van der Waals surface area contributed by atoms with E-state index in [-0.39, 0.29) is 11.8 Å². The molecule has 20 heavy (non-hydrogen) atoms. The SMILES string of the molecule is CNC(CN(C)CCS(C)(=O)=O)c1cc(C)ccc1C. The fraction of sp³-hybridized carbons (Fsp3) is 0.600. The first kappa shape index (κ1) is 17.1. The zero-order valence-electron chi connectivity index (χ0n) is 13.1. The topological polar surface area (TPSA) is 49.4 Å². The van der Waals surface area contributed by atoms with E-state index in [1.54, 1.807) is 0 Å². The lowest BCUT2D eigenvalue weighted by Gasteiger charge is -2.25. The molecule has 5 heteroatoms. The first-order chi connectivity index (χ1) is 9.23. The molecule has 0 bridgehead atoms. The molecule has 1 unspecified atom stereocenters. The molecule has 0 fully saturated rings. The maximum Gasteiger partial charge on any atom is 0.148 e. The molecule has 0 amide bonds. The van der Waals surface area contributed by atoms with Crippen molar-refractivity contribution in [2.24, 2.45) is 0 Å². The molecule has 1 aromatic carbocycles. The molecule has 1 aromatic rings. The van der Waals surface area contributed by atoms with Crippen LogP contribution in [0.3, 0.4) is 0 Å². The summed E-state index contributed by atoms with van der Waals surface area (Å²) >= 11 is 0. The van der Waals surface area contributed by atoms with Crippen molar-refractivity contribution in [1.29, 1.82) is 0 Å². The molecule has 0 aliphatic heterocycles. The number of nitrogens with one attached hydrogen (secondary N) is 1. The molecule has 4 nitrogen and oxygen atoms in total. The van der Waals surface area contributed by atoms with Crippen LogP contribution < -0.4 is 5.32 Å². The Labute approximate surface area is 123 Å². The van der Waals surface area contributed by atoms with Crippen molar-refractivity contribution in [2.45, 2.75) is 19.9 Å². The molecule has 0 saturated carbocycles. The molecule has 114 valence electrons. The minimum absolute atomic E-state index is 0.201. The average molecular weight is 298 g/mol. The van der Waals surface area contributed by atoms with Crippen LogP contribution in [0.5, 0.6) is 0 Å². The van der Waals surface area contributed by atoms with Gasteiger partial charge in [0.15, 0.2) is 0 Å². The predicted octanol–water partition coefficient (Wildman–Crippen LogP) is 1.54. The van der Waals surface area contributed by atoms with E-state index in [1.165, 1.54) is 22.9 Å². The Balaban J connectivity index is 2.74. The third kappa shape index (κ3) is 5.61. The summed E-state index contributed by atoms with van der Waals surface area (Å²) in [7, 11) is 0.997. The minimum Gasteiger partial charge on any atom is -0.312 e. The summed E-state index contributed by atoms with van der Waals surface area (Å²) in [5, 5.41) is 3.32. The van der Waals surface area contributed by atoms with Crippen molar-refractivity contribution in [3.05, 3.63) is 34.9 Å². The number of nitrogens with zero attached hydrogens (tertiary/aromatic N) is 1. The highest BCUT2D eigenvalue weighted by Crippen LogP contribution is 2.19. The zero-order valence-corrected chi connectivity index (χ0v) is 13.9. The second kappa shape index (κ2) is 7.20. The van der Waals surface area contributed by atoms with Gasteiger partial charge < -0.3 is 10.2 Å². The van der Waals surface area contributed by atoms with Gasteiger partial charge in [-0.05, 0) is 39.1 Å². The van der Waals surface area contributed by atoms with E-state index in [9.17, 15) is 8.42 Å². The van der Waals surface area contributed by atoms with Crippen LogP contribution in [0.1, 0.15) is 22.7 Å². The molecule has 1 N–H and O–H groups in total. The highest BCUT2D eigenvalue weighted by Gasteiger charge is 2.15. The standard InChI is InChI=1S/C15H26N2O2S/c1-12-6-7-13(2)14(10-12)15(16-3)11-17(4)8-9-20(5,18)19/h6-7,10,15-16H,8-9,11H2,1-5H3. The first-order valence-electron chi connectivity index (χ1n) is 6.83. The van der Waals surface area contributed by atoms with Gasteiger partial charge in [0.1, 0.15) is 9.84 Å². The van der Waals surface area contributed by atoms with E-state index in [0.717, 1.165) is 6.54 Å². The maximum atomic E-state index is 11.2. The molecule has 0 saturated heterocycles. The van der Waals surface area contributed by atoms with Gasteiger partial charge in [-0.15, -0.1) is 0 Å². The average Bonchev–Trinajstić information content (AvgIpc) is 2.36. The van der Waals surface area contributed by atoms with Crippen molar-refractivity contribution >= 4 is 9.84 Å². The van der Waals surface area contributed by atoms with E-state index in [0.29, 0.717) is 6.54 Å². The molecule has 1 atom stereocenters. The number of rotatable bonds is 7. The van der Waals surface area contributed by atoms with Gasteiger partial charge in [0, 0.05) is 25.4 Å². The normalized spacial score (nSPS) is 13.7. The van der Waals surface area contributed by atoms with Crippen LogP contribution in [-0.4, -0.2) is 52.5 Å². The smallest absolute Gasteiger partial charge is 0.148 e. The Morgan fingerprint density at radius 2 is 1.95 bits per heavy atom. The number of benzene rings is 1. The second-order valence-corrected chi connectivity index (χ2v) is 7.85. The van der Waals surface area contributed by atoms with Crippen molar-refractivity contribution in [2.75, 3.05) is 39.2 Å². The molecule has 0 spiro atoms. The largest absolute Gasteiger partial charge is 0.312 e. The number of hydrogen-bond acceptors (Lipinski definition) is 4. The second-order valence-electron chi connectivity index (χ2n) is 5.59. The van der Waals surface area contributed by atoms with Crippen LogP contribution >= 0.6 is 0 Å². The fourth-order valence-electron chi connectivity index (χ4n) is 2.21. The van der Waals surface area contributed by atoms with Crippen LogP contribution in [0.15, 0.2) is 18.2 Å². The highest BCUT2D eigenvalue weighted by molar-refractivity contribution is 7.90. The third-order valence-corrected chi connectivity index (χ3v) is 4.42. The summed E-state index contributed by atoms with van der Waals surface area (Å²) in [5.74, 6) is 0.201. The van der Waals surface area contributed by atoms with Gasteiger partial charge in [-0.1, -0.05) is 23.8 Å². The number of sulfone groups is 1. The highest BCUT2D eigenvalue weighted by atomic mass is 32.2. The van der Waals surface area contributed by atoms with E-state index < -0.39 is 9.84 Å². The first-order valence-corrected chi connectivity index (χ1v) is 8.89. The summed E-state index contributed by atoms with van der Waals surface area (Å²) < 4.78 is 22.4. The maximum absolute atomic E-state index is 11.2. The van der Waals surface area contributed by atoms with Gasteiger partial charge in [0.25, 0.3) is 0 Å². The Morgan fingerprint density at radius 1 is 1.30 bits per heavy atom. The van der Waals surface area contributed by atoms with Gasteiger partial charge in [-0.3, -0.25) is 0 Å². The Hall–Kier alpha value is -0.910. The molecule has 0 heterocycles. The van der Waals surface area contributed by atoms with Crippen LogP contribution in [-0.2, 0) is 9.84 Å². The summed E-state index contributed by atoms with van der Waals surface area (Å²) in [6.45, 7) is 5.54. The molecular formula is C15H26N2O2S. The van der Waals surface area contributed by atoms with E-state index in [2.05, 4.69) is 42.3 Å². The molecule has 0 radical (unpaired) electrons. The Kier molecular flexibility index (Phi) is 6.17. The van der Waals surface area contributed by atoms with Gasteiger partial charge in [-0.2, -0.15) is 0 Å². The van der Waals surface area contributed by atoms with Gasteiger partial charge >= 0.3 is 0 Å². The van der Waals surface area contributed by atoms with Gasteiger partial charge in [0.2, 0.25) is 0 Å². The van der Waals surface area contributed by atoms with Crippen molar-refractivity contribution in [1.82, 2.24) is 10.2 Å². The number of likely N-dealkylation sites (N-methyl/N-ethyl adjacent to an activating group) is 2. The van der Waals surface area contributed by atoms with Crippen LogP contribution in [0, 0.1) is 13.8 Å². The third-order valence-electron chi connectivity index (χ3n) is 3.50. The zero-order chi connectivity index (χ0) is 15.3. The van der Waals surface area contributed by atoms with Crippen LogP contribution in [0.25, 0.3) is 0 Å². The van der Waals surface area contributed by atoms with Gasteiger partial charge in [0.05, 0.1) is 5.75 Å². The lowest BCUT2D eigenvalue weighted by Crippen LogP contribution is -2.34. The van der Waals surface area contributed by atoms with E-state index in [4.69, 9.17) is 0 Å². The number of hydrogen-bond donors (Lipinski definition) is 1. The molecule has 0 aromatic heterocycles. The van der Waals surface area contributed by atoms with Crippen molar-refractivity contribution < 1.29 is 8.42 Å². The lowest BCUT2D eigenvalue weighted by molar-refractivity contribution is 0.311. The van der Waals surface area contributed by atoms with Crippen LogP contribution in [0.4, 0.5) is 0 Å². The molecule has 0 aliphatic rings. The fourth-order valence-corrected chi connectivity index (χ4v) is 2.85. The Morgan fingerprint density at radius 3 is 2.50 bits per heavy atom. The lowest BCUT2D eigenvalue weighted by atomic mass is 9.98. The summed E-state index contributed by atoms with van der Waals surface area (Å²) in [5.41, 5.74) is 3.77. The summed E-state index contributed by atoms with van der Waals surface area (Å²) in [4.78, 5) is 2.06. The molecule has 0 aliphatic carbocycles. The van der Waals surface area contributed by atoms with Crippen molar-refractivity contribution in [3.63, 3.8) is 0 Å². The van der Waals surface area contributed by atoms with E-state index >= 15 is 0 Å². The quantitative estimate of drug-likeness (QED) is 0.829. The summed E-state index contributed by atoms with van der Waals surface area (Å²) in [6, 6.07) is 6.64. The van der Waals surface area contributed by atoms with E-state index in [1.807, 2.05) is 14.1 Å². The monoisotopic (exact) mass is 298 g/mol. The van der Waals surface area contributed by atoms with Gasteiger partial charge in [-0.25, -0.2) is 8.42 Å².